The number of nitrogen functional groups attached to an aromatic ring is 1. The topological polar surface area (TPSA) is 82.3 Å². The van der Waals surface area contributed by atoms with Gasteiger partial charge in [-0.3, -0.25) is 5.43 Å². The fraction of sp³-hybridized carbons (Fsp3) is 0.556. The van der Waals surface area contributed by atoms with Crippen molar-refractivity contribution in [2.24, 2.45) is 5.84 Å². The highest BCUT2D eigenvalue weighted by Crippen LogP contribution is 2.06. The van der Waals surface area contributed by atoms with Crippen LogP contribution in [0.3, 0.4) is 0 Å². The first-order valence-corrected chi connectivity index (χ1v) is 4.76. The molecule has 1 heterocycles. The highest BCUT2D eigenvalue weighted by atomic mass is 16.5. The molecule has 0 atom stereocenters. The largest absolute Gasteiger partial charge is 0.475 e. The van der Waals surface area contributed by atoms with E-state index in [1.54, 1.807) is 12.3 Å². The van der Waals surface area contributed by atoms with Crippen molar-refractivity contribution in [1.29, 1.82) is 0 Å². The highest BCUT2D eigenvalue weighted by molar-refractivity contribution is 5.25. The van der Waals surface area contributed by atoms with Gasteiger partial charge in [0.05, 0.1) is 12.7 Å². The first kappa shape index (κ1) is 11.7. The van der Waals surface area contributed by atoms with Gasteiger partial charge in [-0.25, -0.2) is 10.8 Å². The average molecular weight is 212 g/mol. The normalized spacial score (nSPS) is 10.4. The molecule has 0 unspecified atom stereocenters. The molecule has 0 aliphatic rings. The molecule has 0 fully saturated rings. The second-order valence-corrected chi connectivity index (χ2v) is 3.13. The molecule has 15 heavy (non-hydrogen) atoms. The minimum Gasteiger partial charge on any atom is -0.475 e. The third kappa shape index (κ3) is 4.57. The molecule has 84 valence electrons. The lowest BCUT2D eigenvalue weighted by molar-refractivity contribution is 0.0542. The number of hydrogen-bond donors (Lipinski definition) is 2. The van der Waals surface area contributed by atoms with Crippen LogP contribution in [0.25, 0.3) is 0 Å². The van der Waals surface area contributed by atoms with Gasteiger partial charge in [0, 0.05) is 12.3 Å². The van der Waals surface area contributed by atoms with Crippen molar-refractivity contribution in [1.82, 2.24) is 9.97 Å². The minimum atomic E-state index is 0.209. The molecule has 6 heteroatoms. The molecule has 0 bridgehead atoms. The molecule has 0 aliphatic heterocycles. The van der Waals surface area contributed by atoms with E-state index in [9.17, 15) is 0 Å². The van der Waals surface area contributed by atoms with Gasteiger partial charge in [-0.2, -0.15) is 4.98 Å². The van der Waals surface area contributed by atoms with E-state index in [0.717, 1.165) is 0 Å². The van der Waals surface area contributed by atoms with Crippen LogP contribution >= 0.6 is 0 Å². The molecule has 0 spiro atoms. The zero-order valence-electron chi connectivity index (χ0n) is 8.93. The lowest BCUT2D eigenvalue weighted by Gasteiger charge is -2.08. The van der Waals surface area contributed by atoms with Crippen molar-refractivity contribution in [2.75, 3.05) is 18.6 Å². The van der Waals surface area contributed by atoms with Crippen molar-refractivity contribution in [3.8, 4) is 5.88 Å². The SMILES string of the molecule is CC(C)OCCOc1ccnc(NN)n1. The number of ether oxygens (including phenoxy) is 2. The second-order valence-electron chi connectivity index (χ2n) is 3.13. The average Bonchev–Trinajstić information content (AvgIpc) is 2.24. The fourth-order valence-corrected chi connectivity index (χ4v) is 0.922. The molecule has 1 aromatic heterocycles. The summed E-state index contributed by atoms with van der Waals surface area (Å²) in [5.74, 6) is 5.97. The van der Waals surface area contributed by atoms with Gasteiger partial charge in [-0.05, 0) is 13.8 Å². The maximum absolute atomic E-state index is 5.33. The molecule has 0 aliphatic carbocycles. The van der Waals surface area contributed by atoms with Crippen LogP contribution in [0.5, 0.6) is 5.88 Å². The van der Waals surface area contributed by atoms with E-state index >= 15 is 0 Å². The second kappa shape index (κ2) is 6.15. The maximum atomic E-state index is 5.33. The van der Waals surface area contributed by atoms with E-state index < -0.39 is 0 Å². The number of nitrogens with two attached hydrogens (primary N) is 1. The van der Waals surface area contributed by atoms with E-state index in [1.807, 2.05) is 13.8 Å². The van der Waals surface area contributed by atoms with Crippen molar-refractivity contribution in [3.63, 3.8) is 0 Å². The Labute approximate surface area is 88.8 Å². The number of rotatable bonds is 6. The number of nitrogens with one attached hydrogen (secondary N) is 1. The van der Waals surface area contributed by atoms with E-state index in [-0.39, 0.29) is 6.10 Å². The summed E-state index contributed by atoms with van der Waals surface area (Å²) in [6, 6.07) is 1.66. The first-order chi connectivity index (χ1) is 7.22. The summed E-state index contributed by atoms with van der Waals surface area (Å²) in [4.78, 5) is 7.84. The Morgan fingerprint density at radius 2 is 2.27 bits per heavy atom. The van der Waals surface area contributed by atoms with Crippen LogP contribution in [-0.2, 0) is 4.74 Å². The van der Waals surface area contributed by atoms with Crippen LogP contribution in [0.2, 0.25) is 0 Å². The molecule has 1 aromatic rings. The highest BCUT2D eigenvalue weighted by Gasteiger charge is 1.98. The van der Waals surface area contributed by atoms with E-state index in [4.69, 9.17) is 15.3 Å². The van der Waals surface area contributed by atoms with E-state index in [0.29, 0.717) is 25.0 Å². The number of hydrazine groups is 1. The summed E-state index contributed by atoms with van der Waals surface area (Å²) in [5.41, 5.74) is 2.34. The summed E-state index contributed by atoms with van der Waals surface area (Å²) in [5, 5.41) is 0. The number of aromatic nitrogens is 2. The minimum absolute atomic E-state index is 0.209. The predicted molar refractivity (Wildman–Crippen MR) is 56.4 cm³/mol. The van der Waals surface area contributed by atoms with Crippen molar-refractivity contribution in [2.45, 2.75) is 20.0 Å². The monoisotopic (exact) mass is 212 g/mol. The zero-order chi connectivity index (χ0) is 11.1. The Morgan fingerprint density at radius 3 is 2.93 bits per heavy atom. The Balaban J connectivity index is 2.30. The molecular weight excluding hydrogens is 196 g/mol. The van der Waals surface area contributed by atoms with Gasteiger partial charge in [-0.1, -0.05) is 0 Å². The molecule has 0 radical (unpaired) electrons. The number of nitrogens with zero attached hydrogens (tertiary/aromatic N) is 2. The smallest absolute Gasteiger partial charge is 0.240 e. The summed E-state index contributed by atoms with van der Waals surface area (Å²) in [7, 11) is 0. The van der Waals surface area contributed by atoms with Crippen LogP contribution in [0.15, 0.2) is 12.3 Å². The van der Waals surface area contributed by atoms with Crippen LogP contribution in [0.1, 0.15) is 13.8 Å². The molecule has 0 amide bonds. The predicted octanol–water partition coefficient (Wildman–Crippen LogP) is 0.566. The number of hydrogen-bond acceptors (Lipinski definition) is 6. The zero-order valence-corrected chi connectivity index (χ0v) is 8.93. The van der Waals surface area contributed by atoms with Crippen LogP contribution in [-0.4, -0.2) is 29.3 Å². The Hall–Kier alpha value is -1.40. The van der Waals surface area contributed by atoms with Gasteiger partial charge >= 0.3 is 0 Å². The molecule has 0 aromatic carbocycles. The molecule has 1 rings (SSSR count). The van der Waals surface area contributed by atoms with Crippen molar-refractivity contribution in [3.05, 3.63) is 12.3 Å². The van der Waals surface area contributed by atoms with Crippen LogP contribution in [0.4, 0.5) is 5.95 Å². The fourth-order valence-electron chi connectivity index (χ4n) is 0.922. The van der Waals surface area contributed by atoms with Gasteiger partial charge in [0.25, 0.3) is 0 Å². The molecular formula is C9H16N4O2. The van der Waals surface area contributed by atoms with E-state index in [1.165, 1.54) is 0 Å². The molecule has 0 saturated carbocycles. The lowest BCUT2D eigenvalue weighted by atomic mass is 10.5. The third-order valence-electron chi connectivity index (χ3n) is 1.54. The number of anilines is 1. The van der Waals surface area contributed by atoms with Crippen molar-refractivity contribution >= 4 is 5.95 Å². The van der Waals surface area contributed by atoms with Gasteiger partial charge < -0.3 is 9.47 Å². The van der Waals surface area contributed by atoms with Gasteiger partial charge in [0.1, 0.15) is 6.61 Å². The maximum Gasteiger partial charge on any atom is 0.240 e. The summed E-state index contributed by atoms with van der Waals surface area (Å²) in [6.07, 6.45) is 1.78. The molecule has 0 saturated heterocycles. The molecule has 3 N–H and O–H groups in total. The van der Waals surface area contributed by atoms with Crippen LogP contribution in [0, 0.1) is 0 Å². The summed E-state index contributed by atoms with van der Waals surface area (Å²) in [6.45, 7) is 4.94. The Bertz CT molecular complexity index is 293. The molecule has 6 nitrogen and oxygen atoms in total. The first-order valence-electron chi connectivity index (χ1n) is 4.76. The third-order valence-corrected chi connectivity index (χ3v) is 1.54. The quantitative estimate of drug-likeness (QED) is 0.407. The standard InChI is InChI=1S/C9H16N4O2/c1-7(2)14-5-6-15-8-3-4-11-9(12-8)13-10/h3-4,7H,5-6,10H2,1-2H3,(H,11,12,13). The Kier molecular flexibility index (Phi) is 4.79. The Morgan fingerprint density at radius 1 is 1.47 bits per heavy atom. The van der Waals surface area contributed by atoms with Crippen LogP contribution < -0.4 is 16.0 Å². The lowest BCUT2D eigenvalue weighted by Crippen LogP contribution is -2.13. The van der Waals surface area contributed by atoms with Gasteiger partial charge in [0.2, 0.25) is 11.8 Å². The van der Waals surface area contributed by atoms with Gasteiger partial charge in [0.15, 0.2) is 0 Å². The summed E-state index contributed by atoms with van der Waals surface area (Å²) >= 11 is 0. The summed E-state index contributed by atoms with van der Waals surface area (Å²) < 4.78 is 10.6. The van der Waals surface area contributed by atoms with Crippen molar-refractivity contribution < 1.29 is 9.47 Å². The van der Waals surface area contributed by atoms with Gasteiger partial charge in [-0.15, -0.1) is 0 Å². The van der Waals surface area contributed by atoms with E-state index in [2.05, 4.69) is 15.4 Å².